The summed E-state index contributed by atoms with van der Waals surface area (Å²) in [5.41, 5.74) is 0.450. The van der Waals surface area contributed by atoms with E-state index in [1.165, 1.54) is 12.1 Å². The second-order valence-corrected chi connectivity index (χ2v) is 11.5. The molecule has 2 aliphatic heterocycles. The monoisotopic (exact) mass is 579 g/mol. The highest BCUT2D eigenvalue weighted by atomic mass is 16.6. The largest absolute Gasteiger partial charge is 0.481 e. The maximum Gasteiger partial charge on any atom is 0.349 e. The van der Waals surface area contributed by atoms with E-state index in [1.807, 2.05) is 19.2 Å². The molecule has 42 heavy (non-hydrogen) atoms. The van der Waals surface area contributed by atoms with E-state index < -0.39 is 53.7 Å². The second-order valence-electron chi connectivity index (χ2n) is 11.5. The molecule has 1 spiro atoms. The molecule has 0 unspecified atom stereocenters. The van der Waals surface area contributed by atoms with Crippen LogP contribution in [0.15, 0.2) is 54.3 Å². The molecule has 0 aromatic heterocycles. The van der Waals surface area contributed by atoms with Crippen LogP contribution in [0.3, 0.4) is 0 Å². The average Bonchev–Trinajstić information content (AvgIpc) is 3.31. The second kappa shape index (κ2) is 10.5. The highest BCUT2D eigenvalue weighted by Gasteiger charge is 2.70. The summed E-state index contributed by atoms with van der Waals surface area (Å²) in [4.78, 5) is 39.4. The normalized spacial score (nSPS) is 28.8. The number of likely N-dealkylation sites (tertiary alicyclic amines) is 1. The van der Waals surface area contributed by atoms with Crippen molar-refractivity contribution in [3.05, 3.63) is 76.6 Å². The van der Waals surface area contributed by atoms with Gasteiger partial charge in [0.05, 0.1) is 24.0 Å². The van der Waals surface area contributed by atoms with Gasteiger partial charge in [0.1, 0.15) is 11.5 Å². The number of carboxylic acids is 1. The summed E-state index contributed by atoms with van der Waals surface area (Å²) in [6.07, 6.45) is -1.60. The van der Waals surface area contributed by atoms with Crippen molar-refractivity contribution >= 4 is 17.9 Å². The van der Waals surface area contributed by atoms with Crippen LogP contribution >= 0.6 is 0 Å². The third kappa shape index (κ3) is 4.22. The fraction of sp³-hybridized carbons (Fsp3) is 0.452. The van der Waals surface area contributed by atoms with Gasteiger partial charge in [0.15, 0.2) is 12.2 Å². The predicted molar refractivity (Wildman–Crippen MR) is 145 cm³/mol. The van der Waals surface area contributed by atoms with Crippen molar-refractivity contribution in [3.63, 3.8) is 0 Å². The van der Waals surface area contributed by atoms with E-state index >= 15 is 0 Å². The Kier molecular flexibility index (Phi) is 7.09. The minimum Gasteiger partial charge on any atom is -0.481 e. The standard InChI is InChI=1S/C31H33NO10/c1-32-13-5-11-30-24-18-8-9-19(16-33)25(24)42-27(30)21(10-12-31(30,39)22(32)14-18)40-29(38)20(34)15-23(35)41-26(28(36)37)17-6-3-2-4-7-17/h2-4,6-10,20,22,26-27,33-34,39H,5,11-16H2,1H3,(H,36,37)/t20-,22+,26-,27-,30-,31+/m0/s1. The highest BCUT2D eigenvalue weighted by molar-refractivity contribution is 5.84. The Morgan fingerprint density at radius 3 is 2.64 bits per heavy atom. The minimum absolute atomic E-state index is 0.112. The summed E-state index contributed by atoms with van der Waals surface area (Å²) in [5.74, 6) is -3.03. The molecule has 4 N–H and O–H groups in total. The number of carboxylic acid groups (broad SMARTS) is 1. The molecular weight excluding hydrogens is 546 g/mol. The van der Waals surface area contributed by atoms with Crippen molar-refractivity contribution in [2.45, 2.75) is 74.1 Å². The molecule has 2 bridgehead atoms. The van der Waals surface area contributed by atoms with Crippen molar-refractivity contribution < 1.29 is 49.0 Å². The van der Waals surface area contributed by atoms with Crippen LogP contribution in [0, 0.1) is 0 Å². The number of carbonyl (C=O) groups is 3. The molecular formula is C31H33NO10. The number of hydrogen-bond acceptors (Lipinski definition) is 10. The summed E-state index contributed by atoms with van der Waals surface area (Å²) in [6, 6.07) is 11.4. The van der Waals surface area contributed by atoms with E-state index in [-0.39, 0.29) is 30.4 Å². The first-order chi connectivity index (χ1) is 20.1. The van der Waals surface area contributed by atoms with Gasteiger partial charge in [-0.15, -0.1) is 0 Å². The number of carbonyl (C=O) groups excluding carboxylic acids is 2. The van der Waals surface area contributed by atoms with E-state index in [9.17, 15) is 34.8 Å². The zero-order chi connectivity index (χ0) is 29.8. The van der Waals surface area contributed by atoms with Crippen LogP contribution in [0.5, 0.6) is 5.75 Å². The lowest BCUT2D eigenvalue weighted by atomic mass is 9.52. The van der Waals surface area contributed by atoms with E-state index in [0.717, 1.165) is 24.1 Å². The fourth-order valence-corrected chi connectivity index (χ4v) is 7.38. The van der Waals surface area contributed by atoms with Gasteiger partial charge in [0.2, 0.25) is 6.10 Å². The first-order valence-electron chi connectivity index (χ1n) is 14.0. The van der Waals surface area contributed by atoms with Gasteiger partial charge in [-0.1, -0.05) is 42.5 Å². The lowest BCUT2D eigenvalue weighted by Gasteiger charge is -2.56. The zero-order valence-electron chi connectivity index (χ0n) is 23.1. The van der Waals surface area contributed by atoms with Gasteiger partial charge in [-0.2, -0.15) is 0 Å². The summed E-state index contributed by atoms with van der Waals surface area (Å²) in [6.45, 7) is 0.487. The van der Waals surface area contributed by atoms with Crippen molar-refractivity contribution in [1.29, 1.82) is 0 Å². The van der Waals surface area contributed by atoms with Gasteiger partial charge in [0.25, 0.3) is 0 Å². The van der Waals surface area contributed by atoms with Crippen molar-refractivity contribution in [2.75, 3.05) is 13.6 Å². The Bertz CT molecular complexity index is 1460. The number of aliphatic hydroxyl groups excluding tert-OH is 2. The number of aliphatic carboxylic acids is 1. The Morgan fingerprint density at radius 2 is 1.93 bits per heavy atom. The van der Waals surface area contributed by atoms with Crippen LogP contribution in [0.1, 0.15) is 54.0 Å². The topological polar surface area (TPSA) is 163 Å². The van der Waals surface area contributed by atoms with Crippen LogP contribution in [0.4, 0.5) is 0 Å². The Morgan fingerprint density at radius 1 is 1.17 bits per heavy atom. The molecule has 2 aliphatic carbocycles. The Balaban J connectivity index is 1.24. The third-order valence-corrected chi connectivity index (χ3v) is 9.28. The van der Waals surface area contributed by atoms with E-state index in [4.69, 9.17) is 14.2 Å². The molecule has 11 heteroatoms. The van der Waals surface area contributed by atoms with E-state index in [2.05, 4.69) is 4.90 Å². The van der Waals surface area contributed by atoms with Gasteiger partial charge in [0, 0.05) is 29.2 Å². The zero-order valence-corrected chi connectivity index (χ0v) is 23.1. The number of aliphatic hydroxyl groups is 3. The third-order valence-electron chi connectivity index (χ3n) is 9.28. The van der Waals surface area contributed by atoms with Crippen LogP contribution in [-0.2, 0) is 42.3 Å². The lowest BCUT2D eigenvalue weighted by Crippen LogP contribution is -2.69. The Labute approximate surface area is 241 Å². The number of likely N-dealkylation sites (N-methyl/N-ethyl adjacent to an activating group) is 1. The minimum atomic E-state index is -1.94. The highest BCUT2D eigenvalue weighted by Crippen LogP contribution is 2.64. The van der Waals surface area contributed by atoms with E-state index in [1.54, 1.807) is 24.3 Å². The van der Waals surface area contributed by atoms with Gasteiger partial charge < -0.3 is 39.5 Å². The summed E-state index contributed by atoms with van der Waals surface area (Å²) < 4.78 is 17.2. The number of esters is 2. The smallest absolute Gasteiger partial charge is 0.349 e. The van der Waals surface area contributed by atoms with Crippen molar-refractivity contribution in [1.82, 2.24) is 4.90 Å². The molecule has 0 saturated carbocycles. The van der Waals surface area contributed by atoms with E-state index in [0.29, 0.717) is 24.2 Å². The molecule has 2 aromatic carbocycles. The van der Waals surface area contributed by atoms with Crippen LogP contribution in [-0.4, -0.2) is 80.7 Å². The number of benzene rings is 2. The van der Waals surface area contributed by atoms with Gasteiger partial charge >= 0.3 is 17.9 Å². The SMILES string of the molecule is CN1CCC[C@]23c4c5ccc(CO)c4O[C@H]2C(OC(=O)[C@@H](O)CC(=O)O[C@H](C(=O)O)c2ccccc2)=CC[C@@]3(O)[C@H]1C5. The van der Waals surface area contributed by atoms with Crippen LogP contribution in [0.2, 0.25) is 0 Å². The Hall–Kier alpha value is -3.77. The quantitative estimate of drug-likeness (QED) is 0.335. The maximum atomic E-state index is 13.1. The molecule has 11 nitrogen and oxygen atoms in total. The molecule has 4 aliphatic rings. The van der Waals surface area contributed by atoms with Crippen LogP contribution in [0.25, 0.3) is 0 Å². The van der Waals surface area contributed by atoms with Gasteiger partial charge in [-0.3, -0.25) is 4.79 Å². The summed E-state index contributed by atoms with van der Waals surface area (Å²) in [5, 5.41) is 42.6. The molecule has 1 saturated heterocycles. The molecule has 0 amide bonds. The molecule has 1 fully saturated rings. The fourth-order valence-electron chi connectivity index (χ4n) is 7.38. The molecule has 0 radical (unpaired) electrons. The maximum absolute atomic E-state index is 13.1. The summed E-state index contributed by atoms with van der Waals surface area (Å²) in [7, 11) is 1.99. The van der Waals surface area contributed by atoms with Crippen LogP contribution < -0.4 is 4.74 Å². The van der Waals surface area contributed by atoms with Gasteiger partial charge in [-0.05, 0) is 44.5 Å². The molecule has 2 heterocycles. The number of ether oxygens (including phenoxy) is 3. The molecule has 222 valence electrons. The number of rotatable bonds is 8. The molecule has 6 rings (SSSR count). The number of nitrogens with zero attached hydrogens (tertiary/aromatic N) is 1. The lowest BCUT2D eigenvalue weighted by molar-refractivity contribution is -0.169. The molecule has 6 atom stereocenters. The first-order valence-corrected chi connectivity index (χ1v) is 14.0. The summed E-state index contributed by atoms with van der Waals surface area (Å²) >= 11 is 0. The first kappa shape index (κ1) is 28.4. The van der Waals surface area contributed by atoms with Gasteiger partial charge in [-0.25, -0.2) is 9.59 Å². The number of hydrogen-bond donors (Lipinski definition) is 4. The molecule has 2 aromatic rings. The van der Waals surface area contributed by atoms with Crippen molar-refractivity contribution in [2.24, 2.45) is 0 Å². The average molecular weight is 580 g/mol. The predicted octanol–water partition coefficient (Wildman–Crippen LogP) is 1.51. The van der Waals surface area contributed by atoms with Crippen molar-refractivity contribution in [3.8, 4) is 5.75 Å².